The first-order valence-corrected chi connectivity index (χ1v) is 12.0. The lowest BCUT2D eigenvalue weighted by Gasteiger charge is -2.17. The van der Waals surface area contributed by atoms with Gasteiger partial charge in [0.1, 0.15) is 18.4 Å². The summed E-state index contributed by atoms with van der Waals surface area (Å²) >= 11 is 0. The molecule has 1 atom stereocenters. The van der Waals surface area contributed by atoms with E-state index in [1.165, 1.54) is 0 Å². The summed E-state index contributed by atoms with van der Waals surface area (Å²) in [5.41, 5.74) is 3.40. The smallest absolute Gasteiger partial charge is 0.408 e. The lowest BCUT2D eigenvalue weighted by molar-refractivity contribution is -0.145. The molecule has 4 rings (SSSR count). The number of aromatic nitrogens is 1. The SMILES string of the molecule is CCOC(=O)[C@H](Cc1ccc(OC(=O)Cc2c[nH]c3ccccc23)cc1)NC(=O)OCc1ccccc1. The first-order chi connectivity index (χ1) is 18.0. The minimum atomic E-state index is -0.932. The van der Waals surface area contributed by atoms with Crippen LogP contribution in [0.3, 0.4) is 0 Å². The quantitative estimate of drug-likeness (QED) is 0.241. The highest BCUT2D eigenvalue weighted by atomic mass is 16.6. The Morgan fingerprint density at radius 1 is 0.865 bits per heavy atom. The highest BCUT2D eigenvalue weighted by molar-refractivity contribution is 5.87. The zero-order chi connectivity index (χ0) is 26.0. The maximum atomic E-state index is 12.5. The van der Waals surface area contributed by atoms with Gasteiger partial charge in [-0.3, -0.25) is 4.79 Å². The Hall–Kier alpha value is -4.59. The van der Waals surface area contributed by atoms with E-state index >= 15 is 0 Å². The number of esters is 2. The van der Waals surface area contributed by atoms with Gasteiger partial charge < -0.3 is 24.5 Å². The molecule has 37 heavy (non-hydrogen) atoms. The molecule has 0 spiro atoms. The lowest BCUT2D eigenvalue weighted by atomic mass is 10.1. The molecule has 0 aliphatic rings. The molecule has 0 aliphatic heterocycles. The molecular formula is C29H28N2O6. The van der Waals surface area contributed by atoms with Gasteiger partial charge >= 0.3 is 18.0 Å². The van der Waals surface area contributed by atoms with Crippen molar-refractivity contribution in [2.75, 3.05) is 6.61 Å². The van der Waals surface area contributed by atoms with Gasteiger partial charge in [0.2, 0.25) is 0 Å². The van der Waals surface area contributed by atoms with Gasteiger partial charge in [0.05, 0.1) is 13.0 Å². The molecule has 8 nitrogen and oxygen atoms in total. The second-order valence-corrected chi connectivity index (χ2v) is 8.37. The van der Waals surface area contributed by atoms with Crippen LogP contribution in [0.5, 0.6) is 5.75 Å². The van der Waals surface area contributed by atoms with Crippen molar-refractivity contribution in [1.29, 1.82) is 0 Å². The molecule has 8 heteroatoms. The molecule has 0 bridgehead atoms. The van der Waals surface area contributed by atoms with Crippen LogP contribution in [-0.2, 0) is 38.5 Å². The molecule has 1 amide bonds. The summed E-state index contributed by atoms with van der Waals surface area (Å²) in [4.78, 5) is 40.4. The number of H-pyrrole nitrogens is 1. The average Bonchev–Trinajstić information content (AvgIpc) is 3.31. The molecule has 1 heterocycles. The van der Waals surface area contributed by atoms with E-state index in [2.05, 4.69) is 10.3 Å². The molecule has 1 aromatic heterocycles. The van der Waals surface area contributed by atoms with Gasteiger partial charge in [0.15, 0.2) is 0 Å². The summed E-state index contributed by atoms with van der Waals surface area (Å²) in [6, 6.07) is 22.8. The number of alkyl carbamates (subject to hydrolysis) is 1. The molecule has 3 aromatic carbocycles. The van der Waals surface area contributed by atoms with Gasteiger partial charge in [-0.15, -0.1) is 0 Å². The van der Waals surface area contributed by atoms with Crippen LogP contribution in [-0.4, -0.2) is 35.7 Å². The second-order valence-electron chi connectivity index (χ2n) is 8.37. The maximum Gasteiger partial charge on any atom is 0.408 e. The molecule has 0 fully saturated rings. The fourth-order valence-corrected chi connectivity index (χ4v) is 3.87. The number of fused-ring (bicyclic) bond motifs is 1. The fraction of sp³-hybridized carbons (Fsp3) is 0.207. The predicted octanol–water partition coefficient (Wildman–Crippen LogP) is 4.72. The maximum absolute atomic E-state index is 12.5. The van der Waals surface area contributed by atoms with Crippen LogP contribution in [0.25, 0.3) is 10.9 Å². The van der Waals surface area contributed by atoms with Gasteiger partial charge in [-0.1, -0.05) is 60.7 Å². The number of amides is 1. The van der Waals surface area contributed by atoms with Gasteiger partial charge in [0.25, 0.3) is 0 Å². The van der Waals surface area contributed by atoms with Crippen molar-refractivity contribution in [2.45, 2.75) is 32.4 Å². The van der Waals surface area contributed by atoms with Crippen molar-refractivity contribution in [1.82, 2.24) is 10.3 Å². The highest BCUT2D eigenvalue weighted by Gasteiger charge is 2.23. The van der Waals surface area contributed by atoms with Gasteiger partial charge in [-0.05, 0) is 41.8 Å². The molecule has 2 N–H and O–H groups in total. The van der Waals surface area contributed by atoms with E-state index in [0.717, 1.165) is 27.6 Å². The monoisotopic (exact) mass is 500 g/mol. The number of hydrogen-bond donors (Lipinski definition) is 2. The van der Waals surface area contributed by atoms with Crippen molar-refractivity contribution in [3.8, 4) is 5.75 Å². The Kier molecular flexibility index (Phi) is 8.54. The summed E-state index contributed by atoms with van der Waals surface area (Å²) < 4.78 is 15.8. The Labute approximate surface area is 214 Å². The van der Waals surface area contributed by atoms with E-state index < -0.39 is 18.1 Å². The number of carbonyl (C=O) groups excluding carboxylic acids is 3. The Morgan fingerprint density at radius 3 is 2.35 bits per heavy atom. The van der Waals surface area contributed by atoms with Crippen LogP contribution in [0, 0.1) is 0 Å². The van der Waals surface area contributed by atoms with Gasteiger partial charge in [-0.2, -0.15) is 0 Å². The van der Waals surface area contributed by atoms with E-state index in [1.807, 2.05) is 60.8 Å². The molecule has 4 aromatic rings. The molecule has 0 unspecified atom stereocenters. The number of benzene rings is 3. The number of nitrogens with one attached hydrogen (secondary N) is 2. The van der Waals surface area contributed by atoms with Crippen molar-refractivity contribution in [3.63, 3.8) is 0 Å². The highest BCUT2D eigenvalue weighted by Crippen LogP contribution is 2.20. The van der Waals surface area contributed by atoms with Crippen molar-refractivity contribution in [2.24, 2.45) is 0 Å². The molecule has 0 saturated carbocycles. The number of rotatable bonds is 10. The van der Waals surface area contributed by atoms with Crippen molar-refractivity contribution < 1.29 is 28.6 Å². The molecular weight excluding hydrogens is 472 g/mol. The van der Waals surface area contributed by atoms with E-state index in [0.29, 0.717) is 5.75 Å². The number of aromatic amines is 1. The normalized spacial score (nSPS) is 11.5. The van der Waals surface area contributed by atoms with Crippen LogP contribution < -0.4 is 10.1 Å². The third-order valence-electron chi connectivity index (χ3n) is 5.68. The summed E-state index contributed by atoms with van der Waals surface area (Å²) in [6.45, 7) is 1.96. The number of hydrogen-bond acceptors (Lipinski definition) is 6. The topological polar surface area (TPSA) is 107 Å². The third kappa shape index (κ3) is 7.20. The Bertz CT molecular complexity index is 1350. The minimum absolute atomic E-state index is 0.0842. The van der Waals surface area contributed by atoms with E-state index in [9.17, 15) is 14.4 Å². The first-order valence-electron chi connectivity index (χ1n) is 12.0. The standard InChI is InChI=1S/C29H28N2O6/c1-2-35-28(33)26(31-29(34)36-19-21-8-4-3-5-9-21)16-20-12-14-23(15-13-20)37-27(32)17-22-18-30-25-11-7-6-10-24(22)25/h3-15,18,26,30H,2,16-17,19H2,1H3,(H,31,34)/t26-/m0/s1. The molecule has 0 saturated heterocycles. The van der Waals surface area contributed by atoms with E-state index in [-0.39, 0.29) is 32.0 Å². The van der Waals surface area contributed by atoms with Crippen LogP contribution in [0.4, 0.5) is 4.79 Å². The Balaban J connectivity index is 1.33. The number of para-hydroxylation sites is 1. The molecule has 0 aliphatic carbocycles. The first kappa shape index (κ1) is 25.5. The summed E-state index contributed by atoms with van der Waals surface area (Å²) in [7, 11) is 0. The van der Waals surface area contributed by atoms with Gasteiger partial charge in [0, 0.05) is 23.5 Å². The lowest BCUT2D eigenvalue weighted by Crippen LogP contribution is -2.43. The zero-order valence-corrected chi connectivity index (χ0v) is 20.4. The third-order valence-corrected chi connectivity index (χ3v) is 5.68. The van der Waals surface area contributed by atoms with Crippen LogP contribution >= 0.6 is 0 Å². The largest absolute Gasteiger partial charge is 0.464 e. The average molecular weight is 501 g/mol. The second kappa shape index (κ2) is 12.4. The van der Waals surface area contributed by atoms with Crippen molar-refractivity contribution in [3.05, 3.63) is 102 Å². The number of carbonyl (C=O) groups is 3. The summed E-state index contributed by atoms with van der Waals surface area (Å²) in [5, 5.41) is 3.56. The summed E-state index contributed by atoms with van der Waals surface area (Å²) in [5.74, 6) is -0.561. The van der Waals surface area contributed by atoms with Gasteiger partial charge in [-0.25, -0.2) is 9.59 Å². The Morgan fingerprint density at radius 2 is 1.59 bits per heavy atom. The fourth-order valence-electron chi connectivity index (χ4n) is 3.87. The van der Waals surface area contributed by atoms with Crippen LogP contribution in [0.2, 0.25) is 0 Å². The van der Waals surface area contributed by atoms with E-state index in [4.69, 9.17) is 14.2 Å². The molecule has 0 radical (unpaired) electrons. The van der Waals surface area contributed by atoms with E-state index in [1.54, 1.807) is 31.2 Å². The predicted molar refractivity (Wildman–Crippen MR) is 138 cm³/mol. The minimum Gasteiger partial charge on any atom is -0.464 e. The molecule has 190 valence electrons. The number of ether oxygens (including phenoxy) is 3. The summed E-state index contributed by atoms with van der Waals surface area (Å²) in [6.07, 6.45) is 1.40. The van der Waals surface area contributed by atoms with Crippen LogP contribution in [0.15, 0.2) is 85.1 Å². The zero-order valence-electron chi connectivity index (χ0n) is 20.4. The van der Waals surface area contributed by atoms with Crippen LogP contribution in [0.1, 0.15) is 23.6 Å². The van der Waals surface area contributed by atoms with Crippen molar-refractivity contribution >= 4 is 28.9 Å².